The lowest BCUT2D eigenvalue weighted by Gasteiger charge is -2.13. The monoisotopic (exact) mass is 270 g/mol. The fraction of sp³-hybridized carbons (Fsp3) is 0.294. The number of aliphatic hydroxyl groups excluding tert-OH is 1. The molecule has 0 spiro atoms. The van der Waals surface area contributed by atoms with Crippen molar-refractivity contribution in [2.75, 3.05) is 6.61 Å². The minimum atomic E-state index is -0.614. The minimum Gasteiger partial charge on any atom is -0.494 e. The van der Waals surface area contributed by atoms with E-state index in [1.165, 1.54) is 11.1 Å². The van der Waals surface area contributed by atoms with Crippen molar-refractivity contribution in [1.82, 2.24) is 0 Å². The van der Waals surface area contributed by atoms with E-state index < -0.39 is 6.10 Å². The predicted octanol–water partition coefficient (Wildman–Crippen LogP) is 3.20. The fourth-order valence-electron chi connectivity index (χ4n) is 2.47. The molecule has 1 aliphatic heterocycles. The quantitative estimate of drug-likeness (QED) is 0.927. The lowest BCUT2D eigenvalue weighted by molar-refractivity contribution is 0.134. The number of rotatable bonds is 4. The minimum absolute atomic E-state index is 0.614. The van der Waals surface area contributed by atoms with Crippen LogP contribution in [0.5, 0.6) is 5.75 Å². The Morgan fingerprint density at radius 1 is 1.05 bits per heavy atom. The molecule has 3 rings (SSSR count). The first kappa shape index (κ1) is 13.2. The van der Waals surface area contributed by atoms with Crippen molar-refractivity contribution in [3.8, 4) is 5.75 Å². The maximum atomic E-state index is 10.5. The largest absolute Gasteiger partial charge is 0.494 e. The molecular formula is C17H18O3. The van der Waals surface area contributed by atoms with Crippen molar-refractivity contribution in [2.24, 2.45) is 0 Å². The van der Waals surface area contributed by atoms with E-state index in [2.05, 4.69) is 0 Å². The first-order valence-corrected chi connectivity index (χ1v) is 6.88. The summed E-state index contributed by atoms with van der Waals surface area (Å²) < 4.78 is 10.8. The zero-order valence-corrected chi connectivity index (χ0v) is 11.5. The molecule has 104 valence electrons. The molecule has 0 aliphatic carbocycles. The molecule has 0 saturated heterocycles. The van der Waals surface area contributed by atoms with Gasteiger partial charge in [-0.2, -0.15) is 0 Å². The Morgan fingerprint density at radius 3 is 2.50 bits per heavy atom. The van der Waals surface area contributed by atoms with Crippen LogP contribution < -0.4 is 4.74 Å². The molecule has 1 heterocycles. The van der Waals surface area contributed by atoms with E-state index in [-0.39, 0.29) is 0 Å². The maximum Gasteiger partial charge on any atom is 0.119 e. The smallest absolute Gasteiger partial charge is 0.119 e. The molecule has 0 aromatic heterocycles. The standard InChI is InChI=1S/C17H18O3/c1-2-20-16-7-5-12(6-8-16)17(18)13-3-4-14-10-19-11-15(14)9-13/h3-9,17-18H,2,10-11H2,1H3. The summed E-state index contributed by atoms with van der Waals surface area (Å²) in [6, 6.07) is 13.6. The van der Waals surface area contributed by atoms with Crippen molar-refractivity contribution in [1.29, 1.82) is 0 Å². The van der Waals surface area contributed by atoms with Gasteiger partial charge in [-0.15, -0.1) is 0 Å². The molecular weight excluding hydrogens is 252 g/mol. The second-order valence-electron chi connectivity index (χ2n) is 4.93. The number of fused-ring (bicyclic) bond motifs is 1. The molecule has 20 heavy (non-hydrogen) atoms. The van der Waals surface area contributed by atoms with Gasteiger partial charge in [0.25, 0.3) is 0 Å². The summed E-state index contributed by atoms with van der Waals surface area (Å²) in [4.78, 5) is 0. The summed E-state index contributed by atoms with van der Waals surface area (Å²) in [5, 5.41) is 10.5. The Labute approximate surface area is 118 Å². The Bertz CT molecular complexity index is 590. The van der Waals surface area contributed by atoms with Gasteiger partial charge in [0.15, 0.2) is 0 Å². The van der Waals surface area contributed by atoms with Crippen LogP contribution in [0, 0.1) is 0 Å². The molecule has 0 bridgehead atoms. The second kappa shape index (κ2) is 5.65. The lowest BCUT2D eigenvalue weighted by atomic mass is 9.98. The van der Waals surface area contributed by atoms with Gasteiger partial charge in [0, 0.05) is 0 Å². The summed E-state index contributed by atoms with van der Waals surface area (Å²) in [7, 11) is 0. The molecule has 3 nitrogen and oxygen atoms in total. The highest BCUT2D eigenvalue weighted by molar-refractivity contribution is 5.39. The number of benzene rings is 2. The van der Waals surface area contributed by atoms with Crippen LogP contribution in [-0.4, -0.2) is 11.7 Å². The first-order valence-electron chi connectivity index (χ1n) is 6.88. The van der Waals surface area contributed by atoms with E-state index in [9.17, 15) is 5.11 Å². The van der Waals surface area contributed by atoms with Crippen molar-refractivity contribution < 1.29 is 14.6 Å². The first-order chi connectivity index (χ1) is 9.78. The Morgan fingerprint density at radius 2 is 1.75 bits per heavy atom. The summed E-state index contributed by atoms with van der Waals surface area (Å²) in [6.45, 7) is 3.91. The van der Waals surface area contributed by atoms with Gasteiger partial charge < -0.3 is 14.6 Å². The fourth-order valence-corrected chi connectivity index (χ4v) is 2.47. The highest BCUT2D eigenvalue weighted by Gasteiger charge is 2.16. The van der Waals surface area contributed by atoms with E-state index in [1.807, 2.05) is 49.4 Å². The van der Waals surface area contributed by atoms with E-state index in [4.69, 9.17) is 9.47 Å². The highest BCUT2D eigenvalue weighted by Crippen LogP contribution is 2.28. The van der Waals surface area contributed by atoms with E-state index in [0.29, 0.717) is 19.8 Å². The van der Waals surface area contributed by atoms with Gasteiger partial charge >= 0.3 is 0 Å². The average Bonchev–Trinajstić information content (AvgIpc) is 2.95. The van der Waals surface area contributed by atoms with Gasteiger partial charge in [-0.1, -0.05) is 30.3 Å². The Kier molecular flexibility index (Phi) is 3.72. The molecule has 2 aromatic rings. The predicted molar refractivity (Wildman–Crippen MR) is 76.6 cm³/mol. The summed E-state index contributed by atoms with van der Waals surface area (Å²) in [6.07, 6.45) is -0.614. The third kappa shape index (κ3) is 2.55. The highest BCUT2D eigenvalue weighted by atomic mass is 16.5. The molecule has 1 N–H and O–H groups in total. The van der Waals surface area contributed by atoms with Crippen LogP contribution in [0.25, 0.3) is 0 Å². The second-order valence-corrected chi connectivity index (χ2v) is 4.93. The molecule has 0 fully saturated rings. The van der Waals surface area contributed by atoms with Gasteiger partial charge in [0.2, 0.25) is 0 Å². The summed E-state index contributed by atoms with van der Waals surface area (Å²) in [5.74, 6) is 0.825. The van der Waals surface area contributed by atoms with Crippen LogP contribution in [0.4, 0.5) is 0 Å². The number of hydrogen-bond donors (Lipinski definition) is 1. The third-order valence-electron chi connectivity index (χ3n) is 3.57. The van der Waals surface area contributed by atoms with Crippen LogP contribution in [0.1, 0.15) is 35.3 Å². The van der Waals surface area contributed by atoms with Crippen LogP contribution >= 0.6 is 0 Å². The molecule has 1 unspecified atom stereocenters. The Hall–Kier alpha value is -1.84. The van der Waals surface area contributed by atoms with Gasteiger partial charge in [0.1, 0.15) is 11.9 Å². The molecule has 0 amide bonds. The SMILES string of the molecule is CCOc1ccc(C(O)c2ccc3c(c2)COC3)cc1. The molecule has 1 atom stereocenters. The van der Waals surface area contributed by atoms with Crippen LogP contribution in [0.2, 0.25) is 0 Å². The molecule has 0 saturated carbocycles. The Balaban J connectivity index is 1.82. The van der Waals surface area contributed by atoms with Crippen molar-refractivity contribution in [2.45, 2.75) is 26.2 Å². The maximum absolute atomic E-state index is 10.5. The van der Waals surface area contributed by atoms with E-state index in [1.54, 1.807) is 0 Å². The number of aliphatic hydroxyl groups is 1. The summed E-state index contributed by atoms with van der Waals surface area (Å²) >= 11 is 0. The van der Waals surface area contributed by atoms with E-state index >= 15 is 0 Å². The number of hydrogen-bond acceptors (Lipinski definition) is 3. The van der Waals surface area contributed by atoms with Gasteiger partial charge in [-0.25, -0.2) is 0 Å². The van der Waals surface area contributed by atoms with Gasteiger partial charge in [0.05, 0.1) is 19.8 Å². The van der Waals surface area contributed by atoms with E-state index in [0.717, 1.165) is 16.9 Å². The molecule has 3 heteroatoms. The van der Waals surface area contributed by atoms with Gasteiger partial charge in [-0.05, 0) is 41.3 Å². The molecule has 2 aromatic carbocycles. The topological polar surface area (TPSA) is 38.7 Å². The van der Waals surface area contributed by atoms with Crippen molar-refractivity contribution in [3.63, 3.8) is 0 Å². The van der Waals surface area contributed by atoms with Crippen molar-refractivity contribution in [3.05, 3.63) is 64.7 Å². The third-order valence-corrected chi connectivity index (χ3v) is 3.57. The van der Waals surface area contributed by atoms with Crippen molar-refractivity contribution >= 4 is 0 Å². The average molecular weight is 270 g/mol. The lowest BCUT2D eigenvalue weighted by Crippen LogP contribution is -2.01. The normalized spacial score (nSPS) is 14.9. The zero-order chi connectivity index (χ0) is 13.9. The van der Waals surface area contributed by atoms with Gasteiger partial charge in [-0.3, -0.25) is 0 Å². The van der Waals surface area contributed by atoms with Crippen LogP contribution in [0.15, 0.2) is 42.5 Å². The molecule has 0 radical (unpaired) electrons. The number of ether oxygens (including phenoxy) is 2. The summed E-state index contributed by atoms with van der Waals surface area (Å²) in [5.41, 5.74) is 4.16. The van der Waals surface area contributed by atoms with Crippen LogP contribution in [-0.2, 0) is 18.0 Å². The zero-order valence-electron chi connectivity index (χ0n) is 11.5. The van der Waals surface area contributed by atoms with Crippen LogP contribution in [0.3, 0.4) is 0 Å². The molecule has 1 aliphatic rings.